The first-order chi connectivity index (χ1) is 7.82. The summed E-state index contributed by atoms with van der Waals surface area (Å²) in [4.78, 5) is 14.5. The van der Waals surface area contributed by atoms with Gasteiger partial charge in [-0.15, -0.1) is 0 Å². The number of nitrogens with one attached hydrogen (secondary N) is 1. The van der Waals surface area contributed by atoms with Crippen molar-refractivity contribution in [1.29, 1.82) is 0 Å². The van der Waals surface area contributed by atoms with Crippen LogP contribution in [0.4, 0.5) is 0 Å². The van der Waals surface area contributed by atoms with Crippen LogP contribution in [0.15, 0.2) is 0 Å². The zero-order valence-electron chi connectivity index (χ0n) is 12.2. The van der Waals surface area contributed by atoms with Crippen LogP contribution in [0.2, 0.25) is 0 Å². The highest BCUT2D eigenvalue weighted by molar-refractivity contribution is 5.84. The molecule has 0 aromatic rings. The molecule has 1 aliphatic heterocycles. The summed E-state index contributed by atoms with van der Waals surface area (Å²) in [6.07, 6.45) is 3.19. The molecule has 0 aliphatic carbocycles. The van der Waals surface area contributed by atoms with Crippen molar-refractivity contribution in [2.45, 2.75) is 79.1 Å². The van der Waals surface area contributed by atoms with Gasteiger partial charge in [-0.2, -0.15) is 0 Å². The van der Waals surface area contributed by atoms with Gasteiger partial charge in [-0.1, -0.05) is 41.0 Å². The van der Waals surface area contributed by atoms with E-state index in [9.17, 15) is 4.79 Å². The summed E-state index contributed by atoms with van der Waals surface area (Å²) in [6, 6.07) is 0.309. The first kappa shape index (κ1) is 14.5. The smallest absolute Gasteiger partial charge is 0.241 e. The van der Waals surface area contributed by atoms with E-state index < -0.39 is 0 Å². The molecule has 3 atom stereocenters. The van der Waals surface area contributed by atoms with E-state index in [4.69, 9.17) is 0 Å². The summed E-state index contributed by atoms with van der Waals surface area (Å²) in [5.41, 5.74) is 0.131. The molecule has 0 spiro atoms. The maximum atomic E-state index is 12.4. The zero-order chi connectivity index (χ0) is 13.2. The van der Waals surface area contributed by atoms with Crippen molar-refractivity contribution in [2.24, 2.45) is 5.41 Å². The lowest BCUT2D eigenvalue weighted by Gasteiger charge is -2.38. The average molecular weight is 240 g/mol. The molecule has 3 nitrogen and oxygen atoms in total. The number of hydrogen-bond donors (Lipinski definition) is 1. The Kier molecular flexibility index (Phi) is 4.59. The SMILES string of the molecule is CCCC1NC(CC)N(C(C)C(C)(C)C)C1=O. The lowest BCUT2D eigenvalue weighted by molar-refractivity contribution is -0.134. The van der Waals surface area contributed by atoms with E-state index in [0.717, 1.165) is 19.3 Å². The van der Waals surface area contributed by atoms with Gasteiger partial charge in [-0.3, -0.25) is 10.1 Å². The predicted octanol–water partition coefficient (Wildman–Crippen LogP) is 2.76. The highest BCUT2D eigenvalue weighted by Gasteiger charge is 2.42. The van der Waals surface area contributed by atoms with Gasteiger partial charge in [0.1, 0.15) is 0 Å². The quantitative estimate of drug-likeness (QED) is 0.819. The topological polar surface area (TPSA) is 32.3 Å². The second kappa shape index (κ2) is 5.38. The predicted molar refractivity (Wildman–Crippen MR) is 71.7 cm³/mol. The van der Waals surface area contributed by atoms with Crippen LogP contribution in [0.3, 0.4) is 0 Å². The third-order valence-corrected chi connectivity index (χ3v) is 3.92. The van der Waals surface area contributed by atoms with E-state index in [1.165, 1.54) is 0 Å². The highest BCUT2D eigenvalue weighted by atomic mass is 16.2. The number of amides is 1. The lowest BCUT2D eigenvalue weighted by Crippen LogP contribution is -2.48. The van der Waals surface area contributed by atoms with E-state index in [-0.39, 0.29) is 23.7 Å². The molecule has 3 unspecified atom stereocenters. The van der Waals surface area contributed by atoms with Crippen LogP contribution in [0.25, 0.3) is 0 Å². The van der Waals surface area contributed by atoms with Gasteiger partial charge < -0.3 is 4.90 Å². The summed E-state index contributed by atoms with van der Waals surface area (Å²) in [6.45, 7) is 13.0. The van der Waals surface area contributed by atoms with Crippen LogP contribution in [0.1, 0.15) is 60.8 Å². The van der Waals surface area contributed by atoms with E-state index in [1.54, 1.807) is 0 Å². The molecule has 1 aliphatic rings. The van der Waals surface area contributed by atoms with Crippen molar-refractivity contribution >= 4 is 5.91 Å². The van der Waals surface area contributed by atoms with Crippen LogP contribution < -0.4 is 5.32 Å². The third-order valence-electron chi connectivity index (χ3n) is 3.92. The molecule has 17 heavy (non-hydrogen) atoms. The van der Waals surface area contributed by atoms with E-state index in [2.05, 4.69) is 51.8 Å². The molecule has 100 valence electrons. The molecule has 0 bridgehead atoms. The van der Waals surface area contributed by atoms with Gasteiger partial charge in [0.15, 0.2) is 0 Å². The molecule has 0 saturated carbocycles. The van der Waals surface area contributed by atoms with Crippen molar-refractivity contribution in [3.63, 3.8) is 0 Å². The fraction of sp³-hybridized carbons (Fsp3) is 0.929. The van der Waals surface area contributed by atoms with Crippen molar-refractivity contribution in [3.05, 3.63) is 0 Å². The maximum Gasteiger partial charge on any atom is 0.241 e. The Morgan fingerprint density at radius 1 is 1.35 bits per heavy atom. The standard InChI is InChI=1S/C14H28N2O/c1-7-9-11-13(17)16(12(8-2)15-11)10(3)14(4,5)6/h10-12,15H,7-9H2,1-6H3. The molecule has 0 aromatic heterocycles. The largest absolute Gasteiger partial charge is 0.323 e. The molecule has 0 aromatic carbocycles. The van der Waals surface area contributed by atoms with Crippen molar-refractivity contribution in [3.8, 4) is 0 Å². The van der Waals surface area contributed by atoms with E-state index >= 15 is 0 Å². The molecule has 1 amide bonds. The minimum Gasteiger partial charge on any atom is -0.323 e. The summed E-state index contributed by atoms with van der Waals surface area (Å²) in [5.74, 6) is 0.293. The van der Waals surface area contributed by atoms with Crippen LogP contribution >= 0.6 is 0 Å². The van der Waals surface area contributed by atoms with Crippen LogP contribution in [0.5, 0.6) is 0 Å². The number of carbonyl (C=O) groups is 1. The van der Waals surface area contributed by atoms with Gasteiger partial charge in [0.2, 0.25) is 5.91 Å². The Bertz CT molecular complexity index is 270. The normalized spacial score (nSPS) is 27.6. The summed E-state index contributed by atoms with van der Waals surface area (Å²) >= 11 is 0. The fourth-order valence-electron chi connectivity index (χ4n) is 2.41. The van der Waals surface area contributed by atoms with Gasteiger partial charge >= 0.3 is 0 Å². The van der Waals surface area contributed by atoms with Crippen LogP contribution in [-0.4, -0.2) is 29.1 Å². The summed E-state index contributed by atoms with van der Waals surface area (Å²) in [7, 11) is 0. The van der Waals surface area contributed by atoms with E-state index in [0.29, 0.717) is 5.91 Å². The molecule has 1 rings (SSSR count). The minimum atomic E-state index is 0.0368. The van der Waals surface area contributed by atoms with Gasteiger partial charge in [0.25, 0.3) is 0 Å². The Labute approximate surface area is 106 Å². The minimum absolute atomic E-state index is 0.0368. The molecule has 1 N–H and O–H groups in total. The number of hydrogen-bond acceptors (Lipinski definition) is 2. The molecular weight excluding hydrogens is 212 g/mol. The van der Waals surface area contributed by atoms with Crippen molar-refractivity contribution < 1.29 is 4.79 Å². The Hall–Kier alpha value is -0.570. The maximum absolute atomic E-state index is 12.4. The Balaban J connectivity index is 2.85. The Morgan fingerprint density at radius 3 is 2.35 bits per heavy atom. The average Bonchev–Trinajstić information content (AvgIpc) is 2.54. The van der Waals surface area contributed by atoms with Crippen molar-refractivity contribution in [1.82, 2.24) is 10.2 Å². The molecule has 1 heterocycles. The molecule has 0 radical (unpaired) electrons. The number of carbonyl (C=O) groups excluding carboxylic acids is 1. The van der Waals surface area contributed by atoms with Gasteiger partial charge in [-0.05, 0) is 25.2 Å². The summed E-state index contributed by atoms with van der Waals surface area (Å²) < 4.78 is 0. The molecular formula is C14H28N2O. The molecule has 3 heteroatoms. The zero-order valence-corrected chi connectivity index (χ0v) is 12.2. The molecule has 1 saturated heterocycles. The first-order valence-electron chi connectivity index (χ1n) is 6.91. The monoisotopic (exact) mass is 240 g/mol. The number of rotatable bonds is 4. The highest BCUT2D eigenvalue weighted by Crippen LogP contribution is 2.29. The lowest BCUT2D eigenvalue weighted by atomic mass is 9.86. The first-order valence-corrected chi connectivity index (χ1v) is 6.91. The third kappa shape index (κ3) is 3.01. The fourth-order valence-corrected chi connectivity index (χ4v) is 2.41. The van der Waals surface area contributed by atoms with Crippen LogP contribution in [-0.2, 0) is 4.79 Å². The Morgan fingerprint density at radius 2 is 1.94 bits per heavy atom. The van der Waals surface area contributed by atoms with Crippen molar-refractivity contribution in [2.75, 3.05) is 0 Å². The van der Waals surface area contributed by atoms with Gasteiger partial charge in [0.05, 0.1) is 12.2 Å². The van der Waals surface area contributed by atoms with Gasteiger partial charge in [-0.25, -0.2) is 0 Å². The van der Waals surface area contributed by atoms with E-state index in [1.807, 2.05) is 0 Å². The second-order valence-corrected chi connectivity index (χ2v) is 6.22. The second-order valence-electron chi connectivity index (χ2n) is 6.22. The van der Waals surface area contributed by atoms with Crippen LogP contribution in [0, 0.1) is 5.41 Å². The van der Waals surface area contributed by atoms with Gasteiger partial charge in [0, 0.05) is 6.04 Å². The summed E-state index contributed by atoms with van der Waals surface area (Å²) in [5, 5.41) is 3.47. The molecule has 1 fully saturated rings. The number of nitrogens with zero attached hydrogens (tertiary/aromatic N) is 1.